The van der Waals surface area contributed by atoms with Gasteiger partial charge in [0.05, 0.1) is 28.1 Å². The second-order valence-corrected chi connectivity index (χ2v) is 14.3. The number of amides is 2. The van der Waals surface area contributed by atoms with E-state index in [1.165, 1.54) is 0 Å². The van der Waals surface area contributed by atoms with Gasteiger partial charge in [-0.1, -0.05) is 41.1 Å². The van der Waals surface area contributed by atoms with E-state index < -0.39 is 11.4 Å². The van der Waals surface area contributed by atoms with Crippen LogP contribution >= 0.6 is 11.6 Å². The van der Waals surface area contributed by atoms with E-state index >= 15 is 0 Å². The Hall–Kier alpha value is -3.96. The topological polar surface area (TPSA) is 88.7 Å². The average Bonchev–Trinajstić information content (AvgIpc) is 3.61. The number of hydrogen-bond donors (Lipinski definition) is 0. The van der Waals surface area contributed by atoms with Gasteiger partial charge in [0.15, 0.2) is 5.82 Å². The monoisotopic (exact) mass is 663 g/mol. The van der Waals surface area contributed by atoms with E-state index in [1.807, 2.05) is 73.8 Å². The Labute approximate surface area is 280 Å². The van der Waals surface area contributed by atoms with E-state index in [-0.39, 0.29) is 29.1 Å². The molecule has 0 unspecified atom stereocenters. The Morgan fingerprint density at radius 1 is 1.06 bits per heavy atom. The minimum Gasteiger partial charge on any atom is -0.444 e. The van der Waals surface area contributed by atoms with Crippen LogP contribution in [0.1, 0.15) is 63.6 Å². The highest BCUT2D eigenvalue weighted by atomic mass is 35.5. The van der Waals surface area contributed by atoms with Crippen molar-refractivity contribution in [3.63, 3.8) is 0 Å². The number of para-hydroxylation sites is 1. The fourth-order valence-corrected chi connectivity index (χ4v) is 7.14. The van der Waals surface area contributed by atoms with E-state index in [2.05, 4.69) is 29.1 Å². The van der Waals surface area contributed by atoms with Gasteiger partial charge in [0.2, 0.25) is 5.91 Å². The number of piperazine rings is 1. The van der Waals surface area contributed by atoms with Crippen LogP contribution in [0.2, 0.25) is 5.02 Å². The number of carbonyl (C=O) groups is 2. The smallest absolute Gasteiger partial charge is 0.410 e. The number of rotatable bonds is 6. The number of benzene rings is 2. The molecule has 0 spiro atoms. The van der Waals surface area contributed by atoms with Gasteiger partial charge in [0, 0.05) is 81.3 Å². The molecule has 2 aromatic heterocycles. The largest absolute Gasteiger partial charge is 0.444 e. The van der Waals surface area contributed by atoms with Crippen molar-refractivity contribution in [2.24, 2.45) is 7.05 Å². The maximum absolute atomic E-state index is 14.9. The van der Waals surface area contributed by atoms with Crippen molar-refractivity contribution in [1.29, 1.82) is 0 Å². The molecule has 2 aliphatic heterocycles. The van der Waals surface area contributed by atoms with Crippen LogP contribution in [0.15, 0.2) is 42.6 Å². The summed E-state index contributed by atoms with van der Waals surface area (Å²) in [7, 11) is 1.86. The predicted octanol–water partition coefficient (Wildman–Crippen LogP) is 5.90. The van der Waals surface area contributed by atoms with Crippen molar-refractivity contribution in [3.05, 3.63) is 75.9 Å². The van der Waals surface area contributed by atoms with Gasteiger partial charge in [0.25, 0.3) is 0 Å². The van der Waals surface area contributed by atoms with Crippen LogP contribution in [0.5, 0.6) is 0 Å². The van der Waals surface area contributed by atoms with E-state index in [0.29, 0.717) is 57.5 Å². The number of halogens is 2. The number of carbonyl (C=O) groups excluding carboxylic acids is 2. The lowest BCUT2D eigenvalue weighted by molar-refractivity contribution is -0.132. The van der Waals surface area contributed by atoms with Gasteiger partial charge in [-0.3, -0.25) is 9.69 Å². The highest BCUT2D eigenvalue weighted by Crippen LogP contribution is 2.34. The summed E-state index contributed by atoms with van der Waals surface area (Å²) in [6, 6.07) is 11.6. The molecule has 1 fully saturated rings. The van der Waals surface area contributed by atoms with Gasteiger partial charge < -0.3 is 19.1 Å². The molecule has 0 aliphatic carbocycles. The first-order chi connectivity index (χ1) is 22.3. The fraction of sp³-hybridized carbons (Fsp3) is 0.486. The third-order valence-corrected chi connectivity index (χ3v) is 9.58. The SMILES string of the molecule is C[C@@H]1CN(C(=O)OC(C)(C)C)C[C@H](C)N1Cc1cn(-c2ccccc2CCC(=O)N2CCc3c(c4ccc(Cl)c(F)c4n3C)C2)nn1. The molecule has 250 valence electrons. The van der Waals surface area contributed by atoms with E-state index in [9.17, 15) is 14.0 Å². The number of hydrogen-bond acceptors (Lipinski definition) is 6. The molecular weight excluding hydrogens is 621 g/mol. The summed E-state index contributed by atoms with van der Waals surface area (Å²) < 4.78 is 24.1. The zero-order chi connectivity index (χ0) is 33.6. The van der Waals surface area contributed by atoms with Gasteiger partial charge in [-0.2, -0.15) is 0 Å². The van der Waals surface area contributed by atoms with Crippen LogP contribution in [-0.2, 0) is 42.5 Å². The lowest BCUT2D eigenvalue weighted by Crippen LogP contribution is -2.58. The van der Waals surface area contributed by atoms with Gasteiger partial charge in [-0.15, -0.1) is 5.10 Å². The molecule has 1 saturated heterocycles. The van der Waals surface area contributed by atoms with Crippen LogP contribution in [-0.4, -0.2) is 83.6 Å². The first-order valence-electron chi connectivity index (χ1n) is 16.3. The summed E-state index contributed by atoms with van der Waals surface area (Å²) in [5.74, 6) is -0.360. The lowest BCUT2D eigenvalue weighted by Gasteiger charge is -2.44. The van der Waals surface area contributed by atoms with Crippen molar-refractivity contribution < 1.29 is 18.7 Å². The molecule has 2 atom stereocenters. The second-order valence-electron chi connectivity index (χ2n) is 13.8. The van der Waals surface area contributed by atoms with Gasteiger partial charge >= 0.3 is 6.09 Å². The van der Waals surface area contributed by atoms with E-state index in [4.69, 9.17) is 16.3 Å². The van der Waals surface area contributed by atoms with Crippen molar-refractivity contribution in [1.82, 2.24) is 34.3 Å². The Morgan fingerprint density at radius 3 is 2.51 bits per heavy atom. The zero-order valence-corrected chi connectivity index (χ0v) is 28.7. The molecule has 47 heavy (non-hydrogen) atoms. The summed E-state index contributed by atoms with van der Waals surface area (Å²) in [6.45, 7) is 12.7. The number of aryl methyl sites for hydroxylation is 2. The lowest BCUT2D eigenvalue weighted by atomic mass is 10.0. The highest BCUT2D eigenvalue weighted by Gasteiger charge is 2.34. The van der Waals surface area contributed by atoms with Crippen LogP contribution in [0.25, 0.3) is 16.6 Å². The molecular formula is C35H43ClFN7O3. The summed E-state index contributed by atoms with van der Waals surface area (Å²) in [6.07, 6.45) is 3.22. The quantitative estimate of drug-likeness (QED) is 0.255. The van der Waals surface area contributed by atoms with Crippen LogP contribution < -0.4 is 0 Å². The first-order valence-corrected chi connectivity index (χ1v) is 16.6. The van der Waals surface area contributed by atoms with Gasteiger partial charge in [0.1, 0.15) is 5.60 Å². The molecule has 4 aromatic rings. The maximum Gasteiger partial charge on any atom is 0.410 e. The highest BCUT2D eigenvalue weighted by molar-refractivity contribution is 6.31. The van der Waals surface area contributed by atoms with Crippen molar-refractivity contribution in [2.75, 3.05) is 19.6 Å². The number of nitrogens with zero attached hydrogens (tertiary/aromatic N) is 7. The molecule has 2 amide bonds. The van der Waals surface area contributed by atoms with Crippen molar-refractivity contribution >= 4 is 34.5 Å². The van der Waals surface area contributed by atoms with Crippen molar-refractivity contribution in [2.45, 2.75) is 84.7 Å². The summed E-state index contributed by atoms with van der Waals surface area (Å²) in [4.78, 5) is 32.1. The van der Waals surface area contributed by atoms with Crippen LogP contribution in [0.3, 0.4) is 0 Å². The Bertz CT molecular complexity index is 1800. The van der Waals surface area contributed by atoms with E-state index in [1.54, 1.807) is 15.6 Å². The van der Waals surface area contributed by atoms with Gasteiger partial charge in [-0.05, 0) is 58.7 Å². The third kappa shape index (κ3) is 6.73. The minimum absolute atomic E-state index is 0.0599. The maximum atomic E-state index is 14.9. The molecule has 2 aliphatic rings. The summed E-state index contributed by atoms with van der Waals surface area (Å²) in [5, 5.41) is 9.84. The zero-order valence-electron chi connectivity index (χ0n) is 28.0. The fourth-order valence-electron chi connectivity index (χ4n) is 6.99. The Balaban J connectivity index is 1.10. The normalized spacial score (nSPS) is 18.9. The number of fused-ring (bicyclic) bond motifs is 3. The van der Waals surface area contributed by atoms with E-state index in [0.717, 1.165) is 33.6 Å². The number of ether oxygens (including phenoxy) is 1. The molecule has 0 bridgehead atoms. The molecule has 10 nitrogen and oxygen atoms in total. The Morgan fingerprint density at radius 2 is 1.79 bits per heavy atom. The molecule has 0 radical (unpaired) electrons. The third-order valence-electron chi connectivity index (χ3n) is 9.29. The Kier molecular flexibility index (Phi) is 9.06. The summed E-state index contributed by atoms with van der Waals surface area (Å²) in [5.41, 5.74) is 4.72. The molecule has 0 N–H and O–H groups in total. The standard InChI is InChI=1S/C35H43ClFN7O3/c1-22-17-42(34(46)47-35(3,4)5)18-23(2)43(22)19-25-20-44(39-38-25)29-10-8-7-9-24(29)11-14-31(45)41-16-15-30-27(21-41)26-12-13-28(36)32(37)33(26)40(30)6/h7-10,12-13,20,22-23H,11,14-19,21H2,1-6H3/t22-,23+. The average molecular weight is 664 g/mol. The molecule has 12 heteroatoms. The molecule has 4 heterocycles. The van der Waals surface area contributed by atoms with Crippen LogP contribution in [0.4, 0.5) is 9.18 Å². The predicted molar refractivity (Wildman–Crippen MR) is 179 cm³/mol. The van der Waals surface area contributed by atoms with Crippen molar-refractivity contribution in [3.8, 4) is 5.69 Å². The van der Waals surface area contributed by atoms with Crippen LogP contribution in [0, 0.1) is 5.82 Å². The minimum atomic E-state index is -0.532. The molecule has 6 rings (SSSR count). The molecule has 2 aromatic carbocycles. The molecule has 0 saturated carbocycles. The van der Waals surface area contributed by atoms with Gasteiger partial charge in [-0.25, -0.2) is 13.9 Å². The first kappa shape index (κ1) is 33.0. The second kappa shape index (κ2) is 12.9. The summed E-state index contributed by atoms with van der Waals surface area (Å²) >= 11 is 6.07. The number of aromatic nitrogens is 4.